The second-order valence-electron chi connectivity index (χ2n) is 2.78. The van der Waals surface area contributed by atoms with Gasteiger partial charge in [-0.2, -0.15) is 0 Å². The van der Waals surface area contributed by atoms with E-state index in [2.05, 4.69) is 5.32 Å². The van der Waals surface area contributed by atoms with Crippen LogP contribution in [0.1, 0.15) is 19.8 Å². The zero-order chi connectivity index (χ0) is 11.0. The number of hydrogen-bond acceptors (Lipinski definition) is 3. The van der Waals surface area contributed by atoms with Gasteiger partial charge in [-0.1, -0.05) is 6.92 Å². The summed E-state index contributed by atoms with van der Waals surface area (Å²) in [7, 11) is -1.37. The van der Waals surface area contributed by atoms with E-state index < -0.39 is 16.8 Å². The van der Waals surface area contributed by atoms with Crippen molar-refractivity contribution in [3.63, 3.8) is 0 Å². The van der Waals surface area contributed by atoms with Crippen molar-refractivity contribution in [2.45, 2.75) is 19.8 Å². The third kappa shape index (κ3) is 7.72. The third-order valence-corrected chi connectivity index (χ3v) is 2.65. The van der Waals surface area contributed by atoms with Crippen LogP contribution in [-0.2, 0) is 20.4 Å². The van der Waals surface area contributed by atoms with Gasteiger partial charge in [-0.25, -0.2) is 0 Å². The summed E-state index contributed by atoms with van der Waals surface area (Å²) in [5, 5.41) is 10.9. The van der Waals surface area contributed by atoms with Crippen molar-refractivity contribution in [1.29, 1.82) is 0 Å². The standard InChI is InChI=1S/C8H15NO4S/c1-2-4-9-7(10)6-14(13)5-3-8(11)12/h2-6H2,1H3,(H,9,10)(H,11,12). The van der Waals surface area contributed by atoms with Crippen LogP contribution in [0.25, 0.3) is 0 Å². The Kier molecular flexibility index (Phi) is 7.00. The highest BCUT2D eigenvalue weighted by atomic mass is 32.2. The summed E-state index contributed by atoms with van der Waals surface area (Å²) in [5.74, 6) is -1.34. The van der Waals surface area contributed by atoms with E-state index in [9.17, 15) is 13.8 Å². The molecule has 0 aliphatic carbocycles. The van der Waals surface area contributed by atoms with Gasteiger partial charge in [-0.3, -0.25) is 13.8 Å². The molecule has 14 heavy (non-hydrogen) atoms. The van der Waals surface area contributed by atoms with Crippen LogP contribution in [0.4, 0.5) is 0 Å². The minimum Gasteiger partial charge on any atom is -0.481 e. The molecule has 1 atom stereocenters. The van der Waals surface area contributed by atoms with E-state index in [-0.39, 0.29) is 23.8 Å². The molecule has 0 saturated carbocycles. The molecular weight excluding hydrogens is 206 g/mol. The second-order valence-corrected chi connectivity index (χ2v) is 4.36. The van der Waals surface area contributed by atoms with Gasteiger partial charge in [0.05, 0.1) is 6.42 Å². The first kappa shape index (κ1) is 13.1. The molecule has 6 heteroatoms. The number of carbonyl (C=O) groups is 2. The van der Waals surface area contributed by atoms with E-state index in [1.165, 1.54) is 0 Å². The molecule has 0 aromatic heterocycles. The Labute approximate surface area is 85.3 Å². The highest BCUT2D eigenvalue weighted by molar-refractivity contribution is 7.85. The predicted octanol–water partition coefficient (Wildman–Crippen LogP) is -0.264. The van der Waals surface area contributed by atoms with E-state index in [1.807, 2.05) is 6.92 Å². The second kappa shape index (κ2) is 7.49. The van der Waals surface area contributed by atoms with Gasteiger partial charge >= 0.3 is 5.97 Å². The molecule has 0 saturated heterocycles. The van der Waals surface area contributed by atoms with Crippen molar-refractivity contribution in [3.05, 3.63) is 0 Å². The monoisotopic (exact) mass is 221 g/mol. The number of aliphatic carboxylic acids is 1. The Morgan fingerprint density at radius 2 is 2.07 bits per heavy atom. The third-order valence-electron chi connectivity index (χ3n) is 1.41. The van der Waals surface area contributed by atoms with Crippen LogP contribution in [0, 0.1) is 0 Å². The summed E-state index contributed by atoms with van der Waals surface area (Å²) in [6, 6.07) is 0. The molecule has 0 aliphatic rings. The number of carboxylic acids is 1. The van der Waals surface area contributed by atoms with Crippen LogP contribution in [0.3, 0.4) is 0 Å². The van der Waals surface area contributed by atoms with Crippen molar-refractivity contribution in [1.82, 2.24) is 5.32 Å². The Balaban J connectivity index is 3.60. The molecule has 0 radical (unpaired) electrons. The van der Waals surface area contributed by atoms with E-state index in [4.69, 9.17) is 5.11 Å². The summed E-state index contributed by atoms with van der Waals surface area (Å²) in [6.45, 7) is 2.48. The van der Waals surface area contributed by atoms with Crippen LogP contribution in [0.5, 0.6) is 0 Å². The molecule has 82 valence electrons. The van der Waals surface area contributed by atoms with Crippen molar-refractivity contribution < 1.29 is 18.9 Å². The molecule has 0 fully saturated rings. The lowest BCUT2D eigenvalue weighted by atomic mass is 10.5. The van der Waals surface area contributed by atoms with Crippen molar-refractivity contribution >= 4 is 22.7 Å². The lowest BCUT2D eigenvalue weighted by Crippen LogP contribution is -2.29. The van der Waals surface area contributed by atoms with Gasteiger partial charge in [0.25, 0.3) is 0 Å². The minimum atomic E-state index is -1.37. The first-order valence-electron chi connectivity index (χ1n) is 4.39. The maximum atomic E-state index is 11.1. The Morgan fingerprint density at radius 1 is 1.43 bits per heavy atom. The molecule has 1 amide bonds. The zero-order valence-electron chi connectivity index (χ0n) is 8.12. The molecule has 0 aromatic rings. The van der Waals surface area contributed by atoms with Gasteiger partial charge in [-0.05, 0) is 6.42 Å². The number of rotatable bonds is 7. The number of carbonyl (C=O) groups excluding carboxylic acids is 1. The summed E-state index contributed by atoms with van der Waals surface area (Å²) in [5.41, 5.74) is 0. The molecule has 1 unspecified atom stereocenters. The molecule has 0 aromatic carbocycles. The molecule has 2 N–H and O–H groups in total. The summed E-state index contributed by atoms with van der Waals surface area (Å²) in [6.07, 6.45) is 0.668. The zero-order valence-corrected chi connectivity index (χ0v) is 8.93. The molecule has 0 aliphatic heterocycles. The van der Waals surface area contributed by atoms with Gasteiger partial charge in [0.15, 0.2) is 0 Å². The fourth-order valence-corrected chi connectivity index (χ4v) is 1.68. The van der Waals surface area contributed by atoms with Crippen molar-refractivity contribution in [2.24, 2.45) is 0 Å². The first-order chi connectivity index (χ1) is 6.56. The molecule has 0 bridgehead atoms. The van der Waals surface area contributed by atoms with Crippen LogP contribution in [0.2, 0.25) is 0 Å². The predicted molar refractivity (Wildman–Crippen MR) is 53.4 cm³/mol. The van der Waals surface area contributed by atoms with E-state index in [0.717, 1.165) is 6.42 Å². The largest absolute Gasteiger partial charge is 0.481 e. The van der Waals surface area contributed by atoms with Gasteiger partial charge in [0.2, 0.25) is 5.91 Å². The van der Waals surface area contributed by atoms with Gasteiger partial charge in [-0.15, -0.1) is 0 Å². The van der Waals surface area contributed by atoms with Crippen LogP contribution >= 0.6 is 0 Å². The van der Waals surface area contributed by atoms with Crippen LogP contribution in [0.15, 0.2) is 0 Å². The summed E-state index contributed by atoms with van der Waals surface area (Å²) >= 11 is 0. The van der Waals surface area contributed by atoms with Crippen molar-refractivity contribution in [2.75, 3.05) is 18.1 Å². The Morgan fingerprint density at radius 3 is 2.57 bits per heavy atom. The highest BCUT2D eigenvalue weighted by Crippen LogP contribution is 1.88. The highest BCUT2D eigenvalue weighted by Gasteiger charge is 2.08. The average molecular weight is 221 g/mol. The summed E-state index contributed by atoms with van der Waals surface area (Å²) < 4.78 is 11.1. The van der Waals surface area contributed by atoms with Gasteiger partial charge < -0.3 is 10.4 Å². The lowest BCUT2D eigenvalue weighted by Gasteiger charge is -2.02. The van der Waals surface area contributed by atoms with Crippen LogP contribution in [-0.4, -0.2) is 39.2 Å². The molecular formula is C8H15NO4S. The molecule has 5 nitrogen and oxygen atoms in total. The Hall–Kier alpha value is -0.910. The van der Waals surface area contributed by atoms with Crippen LogP contribution < -0.4 is 5.32 Å². The van der Waals surface area contributed by atoms with Crippen molar-refractivity contribution in [3.8, 4) is 0 Å². The minimum absolute atomic E-state index is 0.0366. The van der Waals surface area contributed by atoms with Gasteiger partial charge in [0, 0.05) is 23.1 Å². The Bertz CT molecular complexity index is 229. The molecule has 0 rings (SSSR count). The first-order valence-corrected chi connectivity index (χ1v) is 5.88. The fourth-order valence-electron chi connectivity index (χ4n) is 0.735. The normalized spacial score (nSPS) is 12.1. The number of nitrogens with one attached hydrogen (secondary N) is 1. The maximum Gasteiger partial charge on any atom is 0.304 e. The molecule has 0 spiro atoms. The lowest BCUT2D eigenvalue weighted by molar-refractivity contribution is -0.136. The van der Waals surface area contributed by atoms with Gasteiger partial charge in [0.1, 0.15) is 5.75 Å². The van der Waals surface area contributed by atoms with E-state index in [1.54, 1.807) is 0 Å². The SMILES string of the molecule is CCCNC(=O)CS(=O)CCC(=O)O. The maximum absolute atomic E-state index is 11.1. The number of amides is 1. The number of carboxylic acid groups (broad SMARTS) is 1. The average Bonchev–Trinajstić information content (AvgIpc) is 2.11. The fraction of sp³-hybridized carbons (Fsp3) is 0.750. The van der Waals surface area contributed by atoms with E-state index >= 15 is 0 Å². The smallest absolute Gasteiger partial charge is 0.304 e. The topological polar surface area (TPSA) is 83.5 Å². The molecule has 0 heterocycles. The van der Waals surface area contributed by atoms with E-state index in [0.29, 0.717) is 6.54 Å². The quantitative estimate of drug-likeness (QED) is 0.620. The number of hydrogen-bond donors (Lipinski definition) is 2. The summed E-state index contributed by atoms with van der Waals surface area (Å²) in [4.78, 5) is 21.1.